The number of piperidine rings is 1. The largest absolute Gasteiger partial charge is 0.476 e. The number of hydrogen-bond donors (Lipinski definition) is 1. The number of carbonyl (C=O) groups is 2. The highest BCUT2D eigenvalue weighted by Gasteiger charge is 2.25. The molecule has 2 aromatic heterocycles. The van der Waals surface area contributed by atoms with Crippen LogP contribution in [0.5, 0.6) is 0 Å². The lowest BCUT2D eigenvalue weighted by atomic mass is 10.0. The van der Waals surface area contributed by atoms with E-state index < -0.39 is 5.97 Å². The maximum atomic E-state index is 11.9. The lowest BCUT2D eigenvalue weighted by molar-refractivity contribution is 0.0524. The van der Waals surface area contributed by atoms with E-state index in [9.17, 15) is 9.59 Å². The van der Waals surface area contributed by atoms with Crippen molar-refractivity contribution in [3.05, 3.63) is 35.5 Å². The molecule has 0 saturated carbocycles. The van der Waals surface area contributed by atoms with Gasteiger partial charge >= 0.3 is 11.9 Å². The van der Waals surface area contributed by atoms with Crippen LogP contribution in [0.2, 0.25) is 0 Å². The molecule has 3 rings (SSSR count). The van der Waals surface area contributed by atoms with Gasteiger partial charge < -0.3 is 14.7 Å². The number of carboxylic acids is 1. The predicted molar refractivity (Wildman–Crippen MR) is 92.4 cm³/mol. The smallest absolute Gasteiger partial charge is 0.356 e. The zero-order valence-corrected chi connectivity index (χ0v) is 14.8. The minimum Gasteiger partial charge on any atom is -0.476 e. The van der Waals surface area contributed by atoms with Crippen LogP contribution in [0.4, 0.5) is 5.82 Å². The molecule has 1 N–H and O–H groups in total. The Labute approximate surface area is 150 Å². The first-order valence-corrected chi connectivity index (χ1v) is 8.52. The molecular weight excluding hydrogens is 338 g/mol. The molecule has 138 valence electrons. The molecule has 0 unspecified atom stereocenters. The van der Waals surface area contributed by atoms with Crippen LogP contribution in [0, 0.1) is 6.92 Å². The lowest BCUT2D eigenvalue weighted by Crippen LogP contribution is -2.35. The van der Waals surface area contributed by atoms with Gasteiger partial charge in [0.1, 0.15) is 11.4 Å². The maximum Gasteiger partial charge on any atom is 0.356 e. The van der Waals surface area contributed by atoms with E-state index in [0.29, 0.717) is 18.0 Å². The van der Waals surface area contributed by atoms with Gasteiger partial charge in [0, 0.05) is 13.1 Å². The van der Waals surface area contributed by atoms with E-state index in [1.54, 1.807) is 13.1 Å². The molecule has 1 aliphatic heterocycles. The second-order valence-corrected chi connectivity index (χ2v) is 6.09. The summed E-state index contributed by atoms with van der Waals surface area (Å²) >= 11 is 0. The second kappa shape index (κ2) is 7.51. The number of carbonyl (C=O) groups excluding carboxylic acids is 1. The first-order chi connectivity index (χ1) is 12.5. The van der Waals surface area contributed by atoms with Gasteiger partial charge in [-0.15, -0.1) is 0 Å². The minimum absolute atomic E-state index is 0.0673. The van der Waals surface area contributed by atoms with Crippen molar-refractivity contribution < 1.29 is 19.4 Å². The van der Waals surface area contributed by atoms with Gasteiger partial charge in [0.15, 0.2) is 5.69 Å². The summed E-state index contributed by atoms with van der Waals surface area (Å²) in [5.74, 6) is -0.769. The number of anilines is 1. The van der Waals surface area contributed by atoms with Crippen molar-refractivity contribution in [1.82, 2.24) is 19.7 Å². The number of carboxylic acid groups (broad SMARTS) is 1. The van der Waals surface area contributed by atoms with Gasteiger partial charge in [-0.25, -0.2) is 19.6 Å². The summed E-state index contributed by atoms with van der Waals surface area (Å²) < 4.78 is 6.94. The second-order valence-electron chi connectivity index (χ2n) is 6.09. The summed E-state index contributed by atoms with van der Waals surface area (Å²) in [6.07, 6.45) is 6.00. The van der Waals surface area contributed by atoms with Gasteiger partial charge in [-0.2, -0.15) is 5.10 Å². The molecule has 1 saturated heterocycles. The van der Waals surface area contributed by atoms with Gasteiger partial charge in [0.05, 0.1) is 36.9 Å². The molecule has 0 amide bonds. The molecule has 0 atom stereocenters. The third kappa shape index (κ3) is 3.51. The Kier molecular flexibility index (Phi) is 5.15. The Morgan fingerprint density at radius 3 is 2.54 bits per heavy atom. The van der Waals surface area contributed by atoms with E-state index in [4.69, 9.17) is 9.84 Å². The number of nitrogens with zero attached hydrogens (tertiary/aromatic N) is 5. The zero-order valence-electron chi connectivity index (χ0n) is 14.8. The Morgan fingerprint density at radius 1 is 1.23 bits per heavy atom. The summed E-state index contributed by atoms with van der Waals surface area (Å²) in [4.78, 5) is 33.0. The van der Waals surface area contributed by atoms with Crippen molar-refractivity contribution in [3.63, 3.8) is 0 Å². The van der Waals surface area contributed by atoms with Gasteiger partial charge in [-0.3, -0.25) is 4.68 Å². The van der Waals surface area contributed by atoms with Crippen LogP contribution in [-0.2, 0) is 4.74 Å². The molecule has 0 radical (unpaired) electrons. The summed E-state index contributed by atoms with van der Waals surface area (Å²) in [6, 6.07) is 0.195. The van der Waals surface area contributed by atoms with Crippen molar-refractivity contribution in [2.45, 2.75) is 32.7 Å². The van der Waals surface area contributed by atoms with E-state index >= 15 is 0 Å². The minimum atomic E-state index is -1.09. The van der Waals surface area contributed by atoms with Crippen LogP contribution in [-0.4, -0.2) is 56.5 Å². The molecule has 0 aromatic carbocycles. The molecule has 3 heterocycles. The first kappa shape index (κ1) is 17.8. The highest BCUT2D eigenvalue weighted by atomic mass is 16.5. The van der Waals surface area contributed by atoms with Gasteiger partial charge in [-0.05, 0) is 26.7 Å². The summed E-state index contributed by atoms with van der Waals surface area (Å²) in [7, 11) is 0. The Morgan fingerprint density at radius 2 is 1.96 bits per heavy atom. The van der Waals surface area contributed by atoms with Crippen LogP contribution in [0.1, 0.15) is 52.3 Å². The fourth-order valence-corrected chi connectivity index (χ4v) is 3.14. The van der Waals surface area contributed by atoms with Crippen molar-refractivity contribution in [3.8, 4) is 0 Å². The SMILES string of the molecule is CCOC(=O)c1cnn(C2CCN(c3cnc(C(=O)O)cn3)CC2)c1C. The fraction of sp³-hybridized carbons (Fsp3) is 0.471. The quantitative estimate of drug-likeness (QED) is 0.803. The zero-order chi connectivity index (χ0) is 18.7. The molecule has 9 heteroatoms. The number of aromatic nitrogens is 4. The molecule has 0 spiro atoms. The number of esters is 1. The van der Waals surface area contributed by atoms with Crippen LogP contribution in [0.15, 0.2) is 18.6 Å². The molecule has 9 nitrogen and oxygen atoms in total. The van der Waals surface area contributed by atoms with E-state index in [-0.39, 0.29) is 17.7 Å². The number of rotatable bonds is 5. The molecule has 1 aliphatic rings. The van der Waals surface area contributed by atoms with Crippen LogP contribution < -0.4 is 4.90 Å². The highest BCUT2D eigenvalue weighted by molar-refractivity contribution is 5.90. The fourth-order valence-electron chi connectivity index (χ4n) is 3.14. The molecule has 0 aliphatic carbocycles. The third-order valence-corrected chi connectivity index (χ3v) is 4.53. The Bertz CT molecular complexity index is 794. The van der Waals surface area contributed by atoms with E-state index in [2.05, 4.69) is 20.0 Å². The van der Waals surface area contributed by atoms with Crippen molar-refractivity contribution in [1.29, 1.82) is 0 Å². The average Bonchev–Trinajstić information content (AvgIpc) is 3.04. The topological polar surface area (TPSA) is 110 Å². The molecule has 26 heavy (non-hydrogen) atoms. The third-order valence-electron chi connectivity index (χ3n) is 4.53. The van der Waals surface area contributed by atoms with Crippen LogP contribution >= 0.6 is 0 Å². The van der Waals surface area contributed by atoms with Crippen LogP contribution in [0.25, 0.3) is 0 Å². The highest BCUT2D eigenvalue weighted by Crippen LogP contribution is 2.26. The molecule has 2 aromatic rings. The summed E-state index contributed by atoms with van der Waals surface area (Å²) in [6.45, 7) is 5.49. The number of hydrogen-bond acceptors (Lipinski definition) is 7. The van der Waals surface area contributed by atoms with Gasteiger partial charge in [0.25, 0.3) is 0 Å². The van der Waals surface area contributed by atoms with Crippen molar-refractivity contribution in [2.24, 2.45) is 0 Å². The van der Waals surface area contributed by atoms with E-state index in [1.807, 2.05) is 11.6 Å². The summed E-state index contributed by atoms with van der Waals surface area (Å²) in [5.41, 5.74) is 1.25. The molecule has 1 fully saturated rings. The number of aromatic carboxylic acids is 1. The van der Waals surface area contributed by atoms with Crippen LogP contribution in [0.3, 0.4) is 0 Å². The van der Waals surface area contributed by atoms with Gasteiger partial charge in [0.2, 0.25) is 0 Å². The Hall–Kier alpha value is -2.97. The lowest BCUT2D eigenvalue weighted by Gasteiger charge is -2.33. The van der Waals surface area contributed by atoms with Gasteiger partial charge in [-0.1, -0.05) is 0 Å². The standard InChI is InChI=1S/C17H21N5O4/c1-3-26-17(25)13-8-20-22(11(13)2)12-4-6-21(7-5-12)15-10-18-14(9-19-15)16(23)24/h8-10,12H,3-7H2,1-2H3,(H,23,24). The predicted octanol–water partition coefficient (Wildman–Crippen LogP) is 1.70. The van der Waals surface area contributed by atoms with E-state index in [1.165, 1.54) is 12.4 Å². The number of ether oxygens (including phenoxy) is 1. The van der Waals surface area contributed by atoms with E-state index in [0.717, 1.165) is 31.6 Å². The monoisotopic (exact) mass is 359 g/mol. The van der Waals surface area contributed by atoms with Crippen molar-refractivity contribution in [2.75, 3.05) is 24.6 Å². The summed E-state index contributed by atoms with van der Waals surface area (Å²) in [5, 5.41) is 13.3. The maximum absolute atomic E-state index is 11.9. The Balaban J connectivity index is 1.65. The molecular formula is C17H21N5O4. The van der Waals surface area contributed by atoms with Crippen molar-refractivity contribution >= 4 is 17.8 Å². The first-order valence-electron chi connectivity index (χ1n) is 8.52. The average molecular weight is 359 g/mol. The molecule has 0 bridgehead atoms. The normalized spacial score (nSPS) is 15.1.